The molecule has 3 nitrogen and oxygen atoms in total. The number of piperazine rings is 1. The molecule has 0 aromatic rings. The van der Waals surface area contributed by atoms with Crippen molar-refractivity contribution < 1.29 is 4.79 Å². The second-order valence-electron chi connectivity index (χ2n) is 3.78. The highest BCUT2D eigenvalue weighted by Gasteiger charge is 2.23. The number of amides is 1. The molecule has 12 heavy (non-hydrogen) atoms. The molecule has 1 amide bonds. The zero-order valence-electron chi connectivity index (χ0n) is 8.16. The Bertz CT molecular complexity index is 159. The van der Waals surface area contributed by atoms with Crippen LogP contribution in [0.15, 0.2) is 0 Å². The van der Waals surface area contributed by atoms with E-state index in [-0.39, 0.29) is 0 Å². The largest absolute Gasteiger partial charge is 0.340 e. The Morgan fingerprint density at radius 2 is 2.08 bits per heavy atom. The highest BCUT2D eigenvalue weighted by Crippen LogP contribution is 2.09. The minimum Gasteiger partial charge on any atom is -0.340 e. The molecule has 0 N–H and O–H groups in total. The maximum atomic E-state index is 10.6. The molecule has 0 aliphatic carbocycles. The third kappa shape index (κ3) is 1.97. The van der Waals surface area contributed by atoms with Crippen LogP contribution in [0.3, 0.4) is 0 Å². The highest BCUT2D eigenvalue weighted by molar-refractivity contribution is 5.47. The predicted octanol–water partition coefficient (Wildman–Crippen LogP) is 0.557. The van der Waals surface area contributed by atoms with Crippen LogP contribution in [0.2, 0.25) is 0 Å². The standard InChI is InChI=1S/C9H18N2O/c1-8(2)10-4-5-11(7-12)9(3)6-10/h7-9H,4-6H2,1-3H3/t9-/m0/s1. The zero-order valence-corrected chi connectivity index (χ0v) is 8.16. The van der Waals surface area contributed by atoms with Gasteiger partial charge in [-0.2, -0.15) is 0 Å². The Morgan fingerprint density at radius 1 is 1.42 bits per heavy atom. The Kier molecular flexibility index (Phi) is 3.09. The van der Waals surface area contributed by atoms with Crippen LogP contribution < -0.4 is 0 Å². The van der Waals surface area contributed by atoms with Crippen molar-refractivity contribution in [2.45, 2.75) is 32.9 Å². The molecule has 0 aromatic heterocycles. The minimum absolute atomic E-state index is 0.374. The number of carbonyl (C=O) groups excluding carboxylic acids is 1. The number of carbonyl (C=O) groups is 1. The van der Waals surface area contributed by atoms with E-state index in [0.717, 1.165) is 26.0 Å². The molecule has 3 heteroatoms. The maximum absolute atomic E-state index is 10.6. The molecule has 0 saturated carbocycles. The third-order valence-electron chi connectivity index (χ3n) is 2.58. The molecular formula is C9H18N2O. The van der Waals surface area contributed by atoms with Crippen molar-refractivity contribution in [2.75, 3.05) is 19.6 Å². The fourth-order valence-electron chi connectivity index (χ4n) is 1.63. The normalized spacial score (nSPS) is 26.3. The van der Waals surface area contributed by atoms with E-state index in [1.54, 1.807) is 0 Å². The number of nitrogens with zero attached hydrogens (tertiary/aromatic N) is 2. The topological polar surface area (TPSA) is 23.6 Å². The quantitative estimate of drug-likeness (QED) is 0.565. The number of hydrogen-bond donors (Lipinski definition) is 0. The van der Waals surface area contributed by atoms with Gasteiger partial charge in [0.1, 0.15) is 0 Å². The molecule has 70 valence electrons. The van der Waals surface area contributed by atoms with Crippen molar-refractivity contribution in [1.82, 2.24) is 9.80 Å². The predicted molar refractivity (Wildman–Crippen MR) is 48.9 cm³/mol. The zero-order chi connectivity index (χ0) is 9.14. The van der Waals surface area contributed by atoms with Crippen molar-refractivity contribution >= 4 is 6.41 Å². The summed E-state index contributed by atoms with van der Waals surface area (Å²) in [5.74, 6) is 0. The summed E-state index contributed by atoms with van der Waals surface area (Å²) in [6.45, 7) is 9.40. The van der Waals surface area contributed by atoms with E-state index < -0.39 is 0 Å². The van der Waals surface area contributed by atoms with E-state index in [0.29, 0.717) is 12.1 Å². The molecule has 1 fully saturated rings. The Morgan fingerprint density at radius 3 is 2.50 bits per heavy atom. The van der Waals surface area contributed by atoms with Crippen LogP contribution in [0, 0.1) is 0 Å². The first-order valence-electron chi connectivity index (χ1n) is 4.60. The molecule has 0 unspecified atom stereocenters. The van der Waals surface area contributed by atoms with Crippen LogP contribution >= 0.6 is 0 Å². The Labute approximate surface area is 74.3 Å². The lowest BCUT2D eigenvalue weighted by molar-refractivity contribution is -0.122. The van der Waals surface area contributed by atoms with Crippen molar-refractivity contribution in [3.63, 3.8) is 0 Å². The fourth-order valence-corrected chi connectivity index (χ4v) is 1.63. The molecular weight excluding hydrogens is 152 g/mol. The summed E-state index contributed by atoms with van der Waals surface area (Å²) in [4.78, 5) is 14.8. The van der Waals surface area contributed by atoms with Crippen LogP contribution in [0.5, 0.6) is 0 Å². The summed E-state index contributed by atoms with van der Waals surface area (Å²) in [6, 6.07) is 0.972. The molecule has 1 rings (SSSR count). The first kappa shape index (κ1) is 9.52. The molecule has 0 bridgehead atoms. The average Bonchev–Trinajstić information content (AvgIpc) is 2.04. The molecule has 1 atom stereocenters. The molecule has 0 radical (unpaired) electrons. The summed E-state index contributed by atoms with van der Waals surface area (Å²) in [7, 11) is 0. The Hall–Kier alpha value is -0.570. The monoisotopic (exact) mass is 170 g/mol. The maximum Gasteiger partial charge on any atom is 0.210 e. The lowest BCUT2D eigenvalue weighted by Crippen LogP contribution is -2.53. The van der Waals surface area contributed by atoms with Crippen molar-refractivity contribution in [2.24, 2.45) is 0 Å². The van der Waals surface area contributed by atoms with Gasteiger partial charge in [0.15, 0.2) is 0 Å². The van der Waals surface area contributed by atoms with Gasteiger partial charge >= 0.3 is 0 Å². The summed E-state index contributed by atoms with van der Waals surface area (Å²) < 4.78 is 0. The summed E-state index contributed by atoms with van der Waals surface area (Å²) >= 11 is 0. The number of hydrogen-bond acceptors (Lipinski definition) is 2. The van der Waals surface area contributed by atoms with Gasteiger partial charge in [-0.1, -0.05) is 0 Å². The molecule has 0 aromatic carbocycles. The highest BCUT2D eigenvalue weighted by atomic mass is 16.1. The summed E-state index contributed by atoms with van der Waals surface area (Å²) in [6.07, 6.45) is 0.961. The summed E-state index contributed by atoms with van der Waals surface area (Å²) in [5.41, 5.74) is 0. The first-order valence-corrected chi connectivity index (χ1v) is 4.60. The van der Waals surface area contributed by atoms with E-state index in [1.165, 1.54) is 0 Å². The van der Waals surface area contributed by atoms with Gasteiger partial charge in [0.05, 0.1) is 0 Å². The molecule has 1 saturated heterocycles. The molecule has 1 aliphatic heterocycles. The average molecular weight is 170 g/mol. The van der Waals surface area contributed by atoms with Gasteiger partial charge < -0.3 is 4.90 Å². The van der Waals surface area contributed by atoms with Gasteiger partial charge in [-0.05, 0) is 20.8 Å². The van der Waals surface area contributed by atoms with E-state index in [2.05, 4.69) is 25.7 Å². The van der Waals surface area contributed by atoms with Gasteiger partial charge in [-0.15, -0.1) is 0 Å². The van der Waals surface area contributed by atoms with Gasteiger partial charge in [0.25, 0.3) is 0 Å². The second-order valence-corrected chi connectivity index (χ2v) is 3.78. The van der Waals surface area contributed by atoms with Gasteiger partial charge in [0.2, 0.25) is 6.41 Å². The fraction of sp³-hybridized carbons (Fsp3) is 0.889. The second kappa shape index (κ2) is 3.90. The summed E-state index contributed by atoms with van der Waals surface area (Å²) in [5, 5.41) is 0. The minimum atomic E-state index is 0.374. The third-order valence-corrected chi connectivity index (χ3v) is 2.58. The van der Waals surface area contributed by atoms with E-state index in [9.17, 15) is 4.79 Å². The smallest absolute Gasteiger partial charge is 0.210 e. The van der Waals surface area contributed by atoms with Crippen LogP contribution in [-0.4, -0.2) is 47.9 Å². The van der Waals surface area contributed by atoms with Crippen LogP contribution in [-0.2, 0) is 4.79 Å². The molecule has 1 heterocycles. The SMILES string of the molecule is CC(C)N1CCN(C=O)[C@@H](C)C1. The van der Waals surface area contributed by atoms with E-state index in [4.69, 9.17) is 0 Å². The van der Waals surface area contributed by atoms with Crippen LogP contribution in [0.4, 0.5) is 0 Å². The Balaban J connectivity index is 2.45. The number of rotatable bonds is 2. The van der Waals surface area contributed by atoms with Crippen LogP contribution in [0.1, 0.15) is 20.8 Å². The van der Waals surface area contributed by atoms with Crippen molar-refractivity contribution in [3.05, 3.63) is 0 Å². The lowest BCUT2D eigenvalue weighted by atomic mass is 10.2. The first-order chi connectivity index (χ1) is 5.65. The van der Waals surface area contributed by atoms with Gasteiger partial charge in [-0.25, -0.2) is 0 Å². The van der Waals surface area contributed by atoms with Crippen molar-refractivity contribution in [1.29, 1.82) is 0 Å². The van der Waals surface area contributed by atoms with E-state index in [1.807, 2.05) is 4.90 Å². The van der Waals surface area contributed by atoms with Crippen LogP contribution in [0.25, 0.3) is 0 Å². The van der Waals surface area contributed by atoms with E-state index >= 15 is 0 Å². The molecule has 1 aliphatic rings. The lowest BCUT2D eigenvalue weighted by Gasteiger charge is -2.39. The van der Waals surface area contributed by atoms with Gasteiger partial charge in [0, 0.05) is 31.7 Å². The van der Waals surface area contributed by atoms with Gasteiger partial charge in [-0.3, -0.25) is 9.69 Å². The molecule has 0 spiro atoms. The van der Waals surface area contributed by atoms with Crippen molar-refractivity contribution in [3.8, 4) is 0 Å².